The van der Waals surface area contributed by atoms with Crippen LogP contribution in [0.5, 0.6) is 0 Å². The molecule has 7 heteroatoms. The second-order valence-corrected chi connectivity index (χ2v) is 6.80. The molecule has 0 aliphatic rings. The molecule has 2 aromatic carbocycles. The lowest BCUT2D eigenvalue weighted by Crippen LogP contribution is -2.11. The predicted molar refractivity (Wildman–Crippen MR) is 117 cm³/mol. The van der Waals surface area contributed by atoms with E-state index in [1.54, 1.807) is 10.9 Å². The Morgan fingerprint density at radius 1 is 0.933 bits per heavy atom. The lowest BCUT2D eigenvalue weighted by atomic mass is 10.1. The van der Waals surface area contributed by atoms with Gasteiger partial charge in [0.2, 0.25) is 5.91 Å². The maximum Gasteiger partial charge on any atom is 0.224 e. The third-order valence-corrected chi connectivity index (χ3v) is 4.54. The van der Waals surface area contributed by atoms with Gasteiger partial charge < -0.3 is 10.6 Å². The molecule has 4 rings (SSSR count). The quantitative estimate of drug-likeness (QED) is 0.460. The molecule has 2 aromatic heterocycles. The Kier molecular flexibility index (Phi) is 6.10. The SMILES string of the molecule is O=C(CCCc1ccccc1)Nc1ccc(Nc2cc(-n3cccn3)ncn2)cc1. The molecule has 0 saturated heterocycles. The van der Waals surface area contributed by atoms with Crippen molar-refractivity contribution in [3.8, 4) is 5.82 Å². The standard InChI is InChI=1S/C23H22N6O/c30-23(9-4-8-18-6-2-1-3-7-18)28-20-12-10-19(11-13-20)27-21-16-22(25-17-24-21)29-15-5-14-26-29/h1-3,5-7,10-17H,4,8-9H2,(H,28,30)(H,24,25,27). The van der Waals surface area contributed by atoms with Crippen LogP contribution in [0.1, 0.15) is 18.4 Å². The van der Waals surface area contributed by atoms with E-state index in [2.05, 4.69) is 37.8 Å². The summed E-state index contributed by atoms with van der Waals surface area (Å²) in [5.74, 6) is 1.36. The molecule has 2 N–H and O–H groups in total. The van der Waals surface area contributed by atoms with E-state index in [0.29, 0.717) is 18.1 Å². The minimum Gasteiger partial charge on any atom is -0.340 e. The number of nitrogens with one attached hydrogen (secondary N) is 2. The van der Waals surface area contributed by atoms with Crippen molar-refractivity contribution in [1.29, 1.82) is 0 Å². The van der Waals surface area contributed by atoms with Crippen LogP contribution in [0.25, 0.3) is 5.82 Å². The van der Waals surface area contributed by atoms with Gasteiger partial charge in [0.1, 0.15) is 12.1 Å². The molecule has 0 atom stereocenters. The van der Waals surface area contributed by atoms with Crippen LogP contribution in [0.15, 0.2) is 85.5 Å². The normalized spacial score (nSPS) is 10.5. The molecule has 0 aliphatic carbocycles. The molecule has 0 aliphatic heterocycles. The molecule has 150 valence electrons. The van der Waals surface area contributed by atoms with Crippen molar-refractivity contribution in [3.05, 3.63) is 91.0 Å². The van der Waals surface area contributed by atoms with E-state index in [-0.39, 0.29) is 5.91 Å². The number of benzene rings is 2. The van der Waals surface area contributed by atoms with Gasteiger partial charge in [-0.3, -0.25) is 4.79 Å². The molecule has 4 aromatic rings. The Labute approximate surface area is 174 Å². The predicted octanol–water partition coefficient (Wildman–Crippen LogP) is 4.37. The van der Waals surface area contributed by atoms with E-state index >= 15 is 0 Å². The van der Waals surface area contributed by atoms with Gasteiger partial charge in [0.15, 0.2) is 5.82 Å². The lowest BCUT2D eigenvalue weighted by molar-refractivity contribution is -0.116. The summed E-state index contributed by atoms with van der Waals surface area (Å²) in [6, 6.07) is 21.4. The minimum atomic E-state index is 0.0197. The molecule has 0 spiro atoms. The monoisotopic (exact) mass is 398 g/mol. The summed E-state index contributed by atoms with van der Waals surface area (Å²) in [5, 5.41) is 10.3. The van der Waals surface area contributed by atoms with Crippen LogP contribution in [0, 0.1) is 0 Å². The third-order valence-electron chi connectivity index (χ3n) is 4.54. The molecule has 0 fully saturated rings. The van der Waals surface area contributed by atoms with Gasteiger partial charge in [0.05, 0.1) is 0 Å². The van der Waals surface area contributed by atoms with E-state index in [9.17, 15) is 4.79 Å². The Hall–Kier alpha value is -4.00. The van der Waals surface area contributed by atoms with Crippen molar-refractivity contribution >= 4 is 23.1 Å². The van der Waals surface area contributed by atoms with Crippen molar-refractivity contribution in [3.63, 3.8) is 0 Å². The van der Waals surface area contributed by atoms with Crippen LogP contribution in [0.3, 0.4) is 0 Å². The first kappa shape index (κ1) is 19.3. The van der Waals surface area contributed by atoms with Gasteiger partial charge in [-0.05, 0) is 48.7 Å². The van der Waals surface area contributed by atoms with E-state index in [0.717, 1.165) is 24.2 Å². The number of aryl methyl sites for hydroxylation is 1. The zero-order chi connectivity index (χ0) is 20.6. The number of carbonyl (C=O) groups excluding carboxylic acids is 1. The average molecular weight is 398 g/mol. The first-order chi connectivity index (χ1) is 14.8. The Balaban J connectivity index is 1.29. The highest BCUT2D eigenvalue weighted by molar-refractivity contribution is 5.90. The molecule has 0 saturated carbocycles. The zero-order valence-electron chi connectivity index (χ0n) is 16.4. The van der Waals surface area contributed by atoms with Gasteiger partial charge in [0, 0.05) is 36.3 Å². The Morgan fingerprint density at radius 2 is 1.73 bits per heavy atom. The molecular formula is C23H22N6O. The molecule has 0 unspecified atom stereocenters. The highest BCUT2D eigenvalue weighted by Crippen LogP contribution is 2.19. The topological polar surface area (TPSA) is 84.7 Å². The van der Waals surface area contributed by atoms with Gasteiger partial charge in [-0.25, -0.2) is 14.6 Å². The van der Waals surface area contributed by atoms with Gasteiger partial charge in [-0.15, -0.1) is 0 Å². The number of anilines is 3. The maximum atomic E-state index is 12.2. The van der Waals surface area contributed by atoms with Crippen LogP contribution in [0.4, 0.5) is 17.2 Å². The Bertz CT molecular complexity index is 1080. The number of nitrogens with zero attached hydrogens (tertiary/aromatic N) is 4. The van der Waals surface area contributed by atoms with Crippen molar-refractivity contribution in [2.45, 2.75) is 19.3 Å². The summed E-state index contributed by atoms with van der Waals surface area (Å²) in [7, 11) is 0. The number of rotatable bonds is 8. The van der Waals surface area contributed by atoms with Gasteiger partial charge in [-0.1, -0.05) is 30.3 Å². The first-order valence-electron chi connectivity index (χ1n) is 9.79. The fourth-order valence-electron chi connectivity index (χ4n) is 3.05. The number of aromatic nitrogens is 4. The summed E-state index contributed by atoms with van der Waals surface area (Å²) in [6.45, 7) is 0. The zero-order valence-corrected chi connectivity index (χ0v) is 16.4. The van der Waals surface area contributed by atoms with Crippen molar-refractivity contribution in [2.24, 2.45) is 0 Å². The van der Waals surface area contributed by atoms with Gasteiger partial charge >= 0.3 is 0 Å². The first-order valence-corrected chi connectivity index (χ1v) is 9.79. The van der Waals surface area contributed by atoms with Crippen LogP contribution in [-0.4, -0.2) is 25.7 Å². The summed E-state index contributed by atoms with van der Waals surface area (Å²) in [4.78, 5) is 20.6. The number of hydrogen-bond acceptors (Lipinski definition) is 5. The molecule has 0 radical (unpaired) electrons. The van der Waals surface area contributed by atoms with Crippen LogP contribution >= 0.6 is 0 Å². The number of hydrogen-bond donors (Lipinski definition) is 2. The molecular weight excluding hydrogens is 376 g/mol. The van der Waals surface area contributed by atoms with Gasteiger partial charge in [0.25, 0.3) is 0 Å². The Morgan fingerprint density at radius 3 is 2.50 bits per heavy atom. The third kappa shape index (κ3) is 5.29. The summed E-state index contributed by atoms with van der Waals surface area (Å²) in [6.07, 6.45) is 7.22. The maximum absolute atomic E-state index is 12.2. The largest absolute Gasteiger partial charge is 0.340 e. The fraction of sp³-hybridized carbons (Fsp3) is 0.130. The highest BCUT2D eigenvalue weighted by Gasteiger charge is 2.05. The molecule has 2 heterocycles. The number of carbonyl (C=O) groups is 1. The summed E-state index contributed by atoms with van der Waals surface area (Å²) >= 11 is 0. The summed E-state index contributed by atoms with van der Waals surface area (Å²) in [5.41, 5.74) is 2.88. The second kappa shape index (κ2) is 9.47. The van der Waals surface area contributed by atoms with Crippen molar-refractivity contribution in [2.75, 3.05) is 10.6 Å². The molecule has 0 bridgehead atoms. The van der Waals surface area contributed by atoms with Gasteiger partial charge in [-0.2, -0.15) is 5.10 Å². The minimum absolute atomic E-state index is 0.0197. The van der Waals surface area contributed by atoms with E-state index < -0.39 is 0 Å². The highest BCUT2D eigenvalue weighted by atomic mass is 16.1. The molecule has 1 amide bonds. The van der Waals surface area contributed by atoms with E-state index in [1.165, 1.54) is 11.9 Å². The second-order valence-electron chi connectivity index (χ2n) is 6.80. The van der Waals surface area contributed by atoms with E-state index in [4.69, 9.17) is 0 Å². The average Bonchev–Trinajstić information content (AvgIpc) is 3.31. The summed E-state index contributed by atoms with van der Waals surface area (Å²) < 4.78 is 1.67. The van der Waals surface area contributed by atoms with E-state index in [1.807, 2.05) is 60.8 Å². The fourth-order valence-corrected chi connectivity index (χ4v) is 3.05. The lowest BCUT2D eigenvalue weighted by Gasteiger charge is -2.09. The van der Waals surface area contributed by atoms with Crippen LogP contribution in [-0.2, 0) is 11.2 Å². The molecule has 7 nitrogen and oxygen atoms in total. The van der Waals surface area contributed by atoms with Crippen molar-refractivity contribution in [1.82, 2.24) is 19.7 Å². The van der Waals surface area contributed by atoms with Crippen molar-refractivity contribution < 1.29 is 4.79 Å². The molecule has 30 heavy (non-hydrogen) atoms. The van der Waals surface area contributed by atoms with Crippen LogP contribution in [0.2, 0.25) is 0 Å². The smallest absolute Gasteiger partial charge is 0.224 e. The number of amides is 1. The van der Waals surface area contributed by atoms with Crippen LogP contribution < -0.4 is 10.6 Å².